The van der Waals surface area contributed by atoms with Crippen LogP contribution in [0.15, 0.2) is 86.9 Å². The molecule has 3 unspecified atom stereocenters. The standard InChI is InChI=1S/C24H26BrN3O3.C15H10O7/c1-27-13-17-8-21-24(30-3,19-5-4-6-20(27)22(17)19)9-15(12-28(21)2)14-31-23(29)16-7-18(25)11-26-10-16;16-7-4-10(19)12-11(5-7)22-15(14(21)13(12)20)6-1-2-8(17)9(18)3-6/h4-7,10-11,13,15,21H,8-9,12,14H2,1-3H3;1-5,16-19,21H. The van der Waals surface area contributed by atoms with Gasteiger partial charge < -0.3 is 44.0 Å². The number of rotatable bonds is 5. The third kappa shape index (κ3) is 6.32. The van der Waals surface area contributed by atoms with Crippen molar-refractivity contribution in [2.45, 2.75) is 24.5 Å². The Morgan fingerprint density at radius 2 is 1.79 bits per heavy atom. The second-order valence-corrected chi connectivity index (χ2v) is 14.3. The van der Waals surface area contributed by atoms with Crippen LogP contribution < -0.4 is 5.43 Å². The summed E-state index contributed by atoms with van der Waals surface area (Å²) in [5.41, 5.74) is 3.01. The number of aromatic hydroxyl groups is 5. The van der Waals surface area contributed by atoms with Gasteiger partial charge >= 0.3 is 5.97 Å². The number of benzene rings is 3. The summed E-state index contributed by atoms with van der Waals surface area (Å²) in [5, 5.41) is 48.9. The van der Waals surface area contributed by atoms with Crippen LogP contribution in [0.2, 0.25) is 0 Å². The number of phenols is 4. The maximum Gasteiger partial charge on any atom is 0.339 e. The Kier molecular flexibility index (Phi) is 9.30. The molecule has 1 aliphatic heterocycles. The molecule has 1 aliphatic carbocycles. The van der Waals surface area contributed by atoms with Gasteiger partial charge in [-0.3, -0.25) is 14.7 Å². The van der Waals surface area contributed by atoms with Crippen molar-refractivity contribution in [2.24, 2.45) is 13.0 Å². The minimum absolute atomic E-state index is 0.134. The summed E-state index contributed by atoms with van der Waals surface area (Å²) in [4.78, 5) is 31.1. The van der Waals surface area contributed by atoms with Crippen molar-refractivity contribution in [1.82, 2.24) is 14.5 Å². The first-order valence-electron chi connectivity index (χ1n) is 16.7. The van der Waals surface area contributed by atoms with Gasteiger partial charge in [-0.2, -0.15) is 0 Å². The minimum atomic E-state index is -0.888. The van der Waals surface area contributed by atoms with Crippen molar-refractivity contribution in [2.75, 3.05) is 27.3 Å². The molecule has 53 heavy (non-hydrogen) atoms. The number of carbonyl (C=O) groups excluding carboxylic acids is 1. The Hall–Kier alpha value is -5.57. The summed E-state index contributed by atoms with van der Waals surface area (Å²) in [6.07, 6.45) is 7.20. The fourth-order valence-corrected chi connectivity index (χ4v) is 8.13. The number of halogens is 1. The van der Waals surface area contributed by atoms with Gasteiger partial charge in [-0.25, -0.2) is 4.79 Å². The van der Waals surface area contributed by atoms with Crippen molar-refractivity contribution in [3.05, 3.63) is 105 Å². The molecule has 0 spiro atoms. The van der Waals surface area contributed by atoms with Gasteiger partial charge in [-0.05, 0) is 77.3 Å². The molecule has 2 aliphatic rings. The zero-order valence-corrected chi connectivity index (χ0v) is 30.5. The van der Waals surface area contributed by atoms with Crippen LogP contribution in [0.25, 0.3) is 33.2 Å². The molecule has 14 heteroatoms. The van der Waals surface area contributed by atoms with Crippen molar-refractivity contribution < 1.29 is 44.2 Å². The Morgan fingerprint density at radius 1 is 1.00 bits per heavy atom. The molecule has 1 saturated heterocycles. The van der Waals surface area contributed by atoms with Gasteiger partial charge in [0.1, 0.15) is 28.1 Å². The molecule has 6 aromatic rings. The molecular formula is C39H36BrN3O10. The number of ether oxygens (including phenoxy) is 2. The fraction of sp³-hybridized carbons (Fsp3) is 0.256. The number of piperidine rings is 1. The van der Waals surface area contributed by atoms with E-state index in [0.717, 1.165) is 48.1 Å². The molecule has 3 aromatic heterocycles. The number of carbonyl (C=O) groups is 1. The summed E-state index contributed by atoms with van der Waals surface area (Å²) < 4.78 is 20.4. The van der Waals surface area contributed by atoms with Crippen LogP contribution in [0, 0.1) is 5.92 Å². The van der Waals surface area contributed by atoms with Crippen molar-refractivity contribution >= 4 is 43.8 Å². The highest BCUT2D eigenvalue weighted by atomic mass is 79.9. The number of pyridine rings is 1. The summed E-state index contributed by atoms with van der Waals surface area (Å²) >= 11 is 3.35. The van der Waals surface area contributed by atoms with E-state index in [1.807, 2.05) is 7.11 Å². The number of methoxy groups -OCH3 is 1. The molecular weight excluding hydrogens is 750 g/mol. The number of nitrogens with zero attached hydrogens (tertiary/aromatic N) is 3. The first-order chi connectivity index (χ1) is 25.3. The van der Waals surface area contributed by atoms with Gasteiger partial charge in [0.15, 0.2) is 17.3 Å². The number of hydrogen-bond acceptors (Lipinski definition) is 12. The normalized spacial score (nSPS) is 19.4. The van der Waals surface area contributed by atoms with E-state index in [-0.39, 0.29) is 51.7 Å². The van der Waals surface area contributed by atoms with E-state index in [9.17, 15) is 35.1 Å². The Morgan fingerprint density at radius 3 is 2.53 bits per heavy atom. The second-order valence-electron chi connectivity index (χ2n) is 13.4. The van der Waals surface area contributed by atoms with E-state index in [1.54, 1.807) is 12.3 Å². The van der Waals surface area contributed by atoms with E-state index < -0.39 is 28.3 Å². The van der Waals surface area contributed by atoms with Gasteiger partial charge in [0.05, 0.1) is 12.2 Å². The minimum Gasteiger partial charge on any atom is -0.508 e. The van der Waals surface area contributed by atoms with E-state index in [4.69, 9.17) is 13.9 Å². The number of likely N-dealkylation sites (tertiary alicyclic amines) is 1. The van der Waals surface area contributed by atoms with E-state index in [1.165, 1.54) is 34.3 Å². The Balaban J connectivity index is 0.000000174. The number of hydrogen-bond donors (Lipinski definition) is 5. The number of aryl methyl sites for hydroxylation is 1. The van der Waals surface area contributed by atoms with Gasteiger partial charge in [-0.1, -0.05) is 12.1 Å². The first kappa shape index (κ1) is 35.8. The van der Waals surface area contributed by atoms with Crippen molar-refractivity contribution in [3.8, 4) is 40.1 Å². The van der Waals surface area contributed by atoms with Crippen LogP contribution in [0.3, 0.4) is 0 Å². The zero-order valence-electron chi connectivity index (χ0n) is 28.9. The van der Waals surface area contributed by atoms with E-state index in [0.29, 0.717) is 12.2 Å². The lowest BCUT2D eigenvalue weighted by molar-refractivity contribution is -0.131. The molecule has 0 saturated carbocycles. The molecule has 8 rings (SSSR count). The number of fused-ring (bicyclic) bond motifs is 3. The molecule has 5 N–H and O–H groups in total. The third-order valence-corrected chi connectivity index (χ3v) is 10.5. The smallest absolute Gasteiger partial charge is 0.339 e. The quantitative estimate of drug-likeness (QED) is 0.103. The molecule has 0 bridgehead atoms. The number of esters is 1. The number of aromatic nitrogens is 2. The monoisotopic (exact) mass is 785 g/mol. The lowest BCUT2D eigenvalue weighted by atomic mass is 9.69. The molecule has 0 amide bonds. The van der Waals surface area contributed by atoms with E-state index >= 15 is 0 Å². The van der Waals surface area contributed by atoms with Gasteiger partial charge in [0, 0.05) is 84.3 Å². The first-order valence-corrected chi connectivity index (χ1v) is 17.4. The molecule has 4 heterocycles. The van der Waals surface area contributed by atoms with Crippen molar-refractivity contribution in [1.29, 1.82) is 0 Å². The molecule has 13 nitrogen and oxygen atoms in total. The van der Waals surface area contributed by atoms with Crippen LogP contribution in [0.4, 0.5) is 0 Å². The second kappa shape index (κ2) is 13.8. The lowest BCUT2D eigenvalue weighted by Crippen LogP contribution is -2.59. The van der Waals surface area contributed by atoms with Crippen LogP contribution in [0.1, 0.15) is 27.9 Å². The van der Waals surface area contributed by atoms with Crippen LogP contribution in [-0.4, -0.2) is 79.3 Å². The molecule has 3 atom stereocenters. The number of likely N-dealkylation sites (N-methyl/N-ethyl adjacent to an activating group) is 1. The van der Waals surface area contributed by atoms with Crippen LogP contribution >= 0.6 is 15.9 Å². The highest BCUT2D eigenvalue weighted by Crippen LogP contribution is 2.49. The van der Waals surface area contributed by atoms with Crippen molar-refractivity contribution in [3.63, 3.8) is 0 Å². The Labute approximate surface area is 311 Å². The topological polar surface area (TPSA) is 188 Å². The van der Waals surface area contributed by atoms with Crippen LogP contribution in [0.5, 0.6) is 28.7 Å². The zero-order chi connectivity index (χ0) is 37.8. The predicted molar refractivity (Wildman–Crippen MR) is 198 cm³/mol. The third-order valence-electron chi connectivity index (χ3n) is 10.1. The maximum absolute atomic E-state index is 12.5. The van der Waals surface area contributed by atoms with Gasteiger partial charge in [-0.15, -0.1) is 0 Å². The lowest BCUT2D eigenvalue weighted by Gasteiger charge is -2.53. The molecule has 1 fully saturated rings. The van der Waals surface area contributed by atoms with E-state index in [2.05, 4.69) is 68.9 Å². The summed E-state index contributed by atoms with van der Waals surface area (Å²) in [5.74, 6) is -2.89. The highest BCUT2D eigenvalue weighted by molar-refractivity contribution is 9.10. The predicted octanol–water partition coefficient (Wildman–Crippen LogP) is 5.90. The van der Waals surface area contributed by atoms with Gasteiger partial charge in [0.25, 0.3) is 0 Å². The Bertz CT molecular complexity index is 2460. The number of phenolic OH excluding ortho intramolecular Hbond substituents is 4. The summed E-state index contributed by atoms with van der Waals surface area (Å²) in [6.45, 7) is 1.21. The molecule has 0 radical (unpaired) electrons. The maximum atomic E-state index is 12.5. The summed E-state index contributed by atoms with van der Waals surface area (Å²) in [7, 11) is 6.07. The largest absolute Gasteiger partial charge is 0.508 e. The van der Waals surface area contributed by atoms with Gasteiger partial charge in [0.2, 0.25) is 11.2 Å². The summed E-state index contributed by atoms with van der Waals surface area (Å²) in [6, 6.07) is 14.1. The SMILES string of the molecule is COC12CC(COC(=O)c3cncc(Br)c3)CN(C)C1Cc1cn(C)c3cccc2c13.O=c1c(O)c(-c2ccc(O)c(O)c2)oc2cc(O)cc(O)c12. The molecule has 3 aromatic carbocycles. The molecule has 274 valence electrons. The average Bonchev–Trinajstić information content (AvgIpc) is 3.46. The van der Waals surface area contributed by atoms with Crippen LogP contribution in [-0.2, 0) is 28.5 Å². The average molecular weight is 787 g/mol. The fourth-order valence-electron chi connectivity index (χ4n) is 7.76. The highest BCUT2D eigenvalue weighted by Gasteiger charge is 2.52.